The second-order valence-electron chi connectivity index (χ2n) is 6.52. The van der Waals surface area contributed by atoms with E-state index in [0.29, 0.717) is 36.6 Å². The standard InChI is InChI=1S/C23H23FN4O2/c24-18-12-14-21(15-13-18)28(23(30)27-20-10-5-2-6-11-20)17-7-16-25-22(29)26-19-8-3-1-4-9-19/h1-6,8-15H,7,16-17H2,(H,27,30)(H2,25,26,29). The van der Waals surface area contributed by atoms with Crippen molar-refractivity contribution in [1.82, 2.24) is 5.32 Å². The van der Waals surface area contributed by atoms with Crippen LogP contribution in [0.3, 0.4) is 0 Å². The van der Waals surface area contributed by atoms with Gasteiger partial charge in [-0.15, -0.1) is 0 Å². The van der Waals surface area contributed by atoms with Gasteiger partial charge in [-0.3, -0.25) is 4.90 Å². The smallest absolute Gasteiger partial charge is 0.326 e. The van der Waals surface area contributed by atoms with E-state index in [1.54, 1.807) is 36.4 Å². The van der Waals surface area contributed by atoms with E-state index in [1.807, 2.05) is 36.4 Å². The van der Waals surface area contributed by atoms with Crippen molar-refractivity contribution in [1.29, 1.82) is 0 Å². The van der Waals surface area contributed by atoms with Gasteiger partial charge in [-0.05, 0) is 55.0 Å². The van der Waals surface area contributed by atoms with Crippen LogP contribution in [0, 0.1) is 5.82 Å². The van der Waals surface area contributed by atoms with Crippen molar-refractivity contribution >= 4 is 29.1 Å². The van der Waals surface area contributed by atoms with E-state index in [9.17, 15) is 14.0 Å². The van der Waals surface area contributed by atoms with Gasteiger partial charge in [-0.25, -0.2) is 14.0 Å². The number of halogens is 1. The minimum atomic E-state index is -0.374. The Kier molecular flexibility index (Phi) is 7.38. The third kappa shape index (κ3) is 6.34. The number of benzene rings is 3. The number of anilines is 3. The number of hydrogen-bond acceptors (Lipinski definition) is 2. The average molecular weight is 406 g/mol. The fraction of sp³-hybridized carbons (Fsp3) is 0.130. The van der Waals surface area contributed by atoms with Crippen molar-refractivity contribution in [3.63, 3.8) is 0 Å². The summed E-state index contributed by atoms with van der Waals surface area (Å²) in [6, 6.07) is 23.3. The van der Waals surface area contributed by atoms with Crippen LogP contribution >= 0.6 is 0 Å². The molecule has 6 nitrogen and oxygen atoms in total. The van der Waals surface area contributed by atoms with Crippen LogP contribution in [0.1, 0.15) is 6.42 Å². The maximum atomic E-state index is 13.3. The van der Waals surface area contributed by atoms with E-state index in [0.717, 1.165) is 0 Å². The summed E-state index contributed by atoms with van der Waals surface area (Å²) in [6.07, 6.45) is 0.516. The van der Waals surface area contributed by atoms with Gasteiger partial charge in [0.25, 0.3) is 0 Å². The number of rotatable bonds is 7. The Morgan fingerprint density at radius 2 is 1.33 bits per heavy atom. The second kappa shape index (κ2) is 10.6. The molecule has 0 aliphatic heterocycles. The zero-order valence-corrected chi connectivity index (χ0v) is 16.3. The lowest BCUT2D eigenvalue weighted by molar-refractivity contribution is 0.252. The van der Waals surface area contributed by atoms with Crippen LogP contribution in [-0.4, -0.2) is 25.2 Å². The first-order chi connectivity index (χ1) is 14.6. The normalized spacial score (nSPS) is 10.2. The Bertz CT molecular complexity index is 950. The zero-order valence-electron chi connectivity index (χ0n) is 16.3. The molecular formula is C23H23FN4O2. The summed E-state index contributed by atoms with van der Waals surface area (Å²) in [6.45, 7) is 0.713. The maximum absolute atomic E-state index is 13.3. The molecule has 0 aliphatic carbocycles. The monoisotopic (exact) mass is 406 g/mol. The number of nitrogens with zero attached hydrogens (tertiary/aromatic N) is 1. The summed E-state index contributed by atoms with van der Waals surface area (Å²) in [4.78, 5) is 26.3. The summed E-state index contributed by atoms with van der Waals surface area (Å²) in [5.74, 6) is -0.374. The van der Waals surface area contributed by atoms with Crippen molar-refractivity contribution in [2.45, 2.75) is 6.42 Å². The van der Waals surface area contributed by atoms with Crippen molar-refractivity contribution in [2.24, 2.45) is 0 Å². The second-order valence-corrected chi connectivity index (χ2v) is 6.52. The van der Waals surface area contributed by atoms with Gasteiger partial charge >= 0.3 is 12.1 Å². The van der Waals surface area contributed by atoms with Crippen molar-refractivity contribution in [3.05, 3.63) is 90.7 Å². The van der Waals surface area contributed by atoms with Crippen LogP contribution in [0.5, 0.6) is 0 Å². The maximum Gasteiger partial charge on any atom is 0.326 e. The van der Waals surface area contributed by atoms with Gasteiger partial charge in [-0.2, -0.15) is 0 Å². The quantitative estimate of drug-likeness (QED) is 0.479. The number of carbonyl (C=O) groups is 2. The molecule has 3 rings (SSSR count). The summed E-state index contributed by atoms with van der Waals surface area (Å²) in [5.41, 5.74) is 1.93. The summed E-state index contributed by atoms with van der Waals surface area (Å²) >= 11 is 0. The third-order valence-corrected chi connectivity index (χ3v) is 4.28. The van der Waals surface area contributed by atoms with Gasteiger partial charge in [0.05, 0.1) is 0 Å². The van der Waals surface area contributed by atoms with E-state index >= 15 is 0 Å². The van der Waals surface area contributed by atoms with Gasteiger partial charge in [0, 0.05) is 30.2 Å². The third-order valence-electron chi connectivity index (χ3n) is 4.28. The molecule has 0 fully saturated rings. The largest absolute Gasteiger partial charge is 0.338 e. The molecule has 0 radical (unpaired) electrons. The lowest BCUT2D eigenvalue weighted by atomic mass is 10.2. The highest BCUT2D eigenvalue weighted by Crippen LogP contribution is 2.17. The molecule has 0 heterocycles. The van der Waals surface area contributed by atoms with Crippen molar-refractivity contribution in [2.75, 3.05) is 28.6 Å². The van der Waals surface area contributed by atoms with Crippen LogP contribution < -0.4 is 20.9 Å². The molecule has 4 amide bonds. The number of amides is 4. The van der Waals surface area contributed by atoms with Gasteiger partial charge in [0.1, 0.15) is 5.82 Å². The molecule has 3 N–H and O–H groups in total. The first-order valence-electron chi connectivity index (χ1n) is 9.61. The summed E-state index contributed by atoms with van der Waals surface area (Å²) in [5, 5.41) is 8.34. The average Bonchev–Trinajstić information content (AvgIpc) is 2.76. The fourth-order valence-corrected chi connectivity index (χ4v) is 2.82. The Labute approximate surface area is 174 Å². The molecule has 0 aromatic heterocycles. The predicted octanol–water partition coefficient (Wildman–Crippen LogP) is 5.08. The minimum absolute atomic E-state index is 0.316. The van der Waals surface area contributed by atoms with Crippen LogP contribution in [0.4, 0.5) is 31.0 Å². The molecular weight excluding hydrogens is 383 g/mol. The van der Waals surface area contributed by atoms with Crippen LogP contribution in [0.15, 0.2) is 84.9 Å². The number of hydrogen-bond donors (Lipinski definition) is 3. The molecule has 0 saturated carbocycles. The highest BCUT2D eigenvalue weighted by atomic mass is 19.1. The van der Waals surface area contributed by atoms with Gasteiger partial charge < -0.3 is 16.0 Å². The van der Waals surface area contributed by atoms with Gasteiger partial charge in [0.2, 0.25) is 0 Å². The van der Waals surface area contributed by atoms with E-state index in [-0.39, 0.29) is 17.9 Å². The highest BCUT2D eigenvalue weighted by Gasteiger charge is 2.16. The summed E-state index contributed by atoms with van der Waals surface area (Å²) in [7, 11) is 0. The fourth-order valence-electron chi connectivity index (χ4n) is 2.82. The SMILES string of the molecule is O=C(NCCCN(C(=O)Nc1ccccc1)c1ccc(F)cc1)Nc1ccccc1. The Morgan fingerprint density at radius 1 is 0.767 bits per heavy atom. The highest BCUT2D eigenvalue weighted by molar-refractivity contribution is 6.01. The van der Waals surface area contributed by atoms with Crippen molar-refractivity contribution in [3.8, 4) is 0 Å². The number of para-hydroxylation sites is 2. The molecule has 3 aromatic rings. The van der Waals surface area contributed by atoms with E-state index in [1.165, 1.54) is 17.0 Å². The molecule has 0 saturated heterocycles. The minimum Gasteiger partial charge on any atom is -0.338 e. The molecule has 0 spiro atoms. The molecule has 154 valence electrons. The predicted molar refractivity (Wildman–Crippen MR) is 117 cm³/mol. The Balaban J connectivity index is 1.56. The molecule has 0 aliphatic rings. The summed E-state index contributed by atoms with van der Waals surface area (Å²) < 4.78 is 13.3. The van der Waals surface area contributed by atoms with E-state index < -0.39 is 0 Å². The molecule has 3 aromatic carbocycles. The molecule has 7 heteroatoms. The topological polar surface area (TPSA) is 73.5 Å². The molecule has 0 atom stereocenters. The van der Waals surface area contributed by atoms with Crippen LogP contribution in [-0.2, 0) is 0 Å². The molecule has 30 heavy (non-hydrogen) atoms. The Morgan fingerprint density at radius 3 is 1.93 bits per heavy atom. The van der Waals surface area contributed by atoms with Gasteiger partial charge in [-0.1, -0.05) is 36.4 Å². The number of urea groups is 2. The number of nitrogens with one attached hydrogen (secondary N) is 3. The first kappa shape index (κ1) is 20.9. The first-order valence-corrected chi connectivity index (χ1v) is 9.61. The Hall–Kier alpha value is -3.87. The molecule has 0 unspecified atom stereocenters. The van der Waals surface area contributed by atoms with Gasteiger partial charge in [0.15, 0.2) is 0 Å². The van der Waals surface area contributed by atoms with Crippen molar-refractivity contribution < 1.29 is 14.0 Å². The van der Waals surface area contributed by atoms with Crippen LogP contribution in [0.2, 0.25) is 0 Å². The zero-order chi connectivity index (χ0) is 21.2. The lowest BCUT2D eigenvalue weighted by Gasteiger charge is -2.23. The lowest BCUT2D eigenvalue weighted by Crippen LogP contribution is -2.38. The number of carbonyl (C=O) groups excluding carboxylic acids is 2. The van der Waals surface area contributed by atoms with Crippen LogP contribution in [0.25, 0.3) is 0 Å². The van der Waals surface area contributed by atoms with E-state index in [4.69, 9.17) is 0 Å². The molecule has 0 bridgehead atoms. The van der Waals surface area contributed by atoms with E-state index in [2.05, 4.69) is 16.0 Å².